The molecule has 2 aromatic carbocycles. The van der Waals surface area contributed by atoms with Crippen LogP contribution in [0, 0.1) is 6.92 Å². The van der Waals surface area contributed by atoms with Gasteiger partial charge in [0.05, 0.1) is 6.42 Å². The van der Waals surface area contributed by atoms with Gasteiger partial charge in [0.2, 0.25) is 5.91 Å². The second kappa shape index (κ2) is 7.89. The average molecular weight is 309 g/mol. The van der Waals surface area contributed by atoms with Crippen molar-refractivity contribution in [3.05, 3.63) is 65.7 Å². The fourth-order valence-corrected chi connectivity index (χ4v) is 1.98. The molecule has 0 heterocycles. The molecule has 5 nitrogen and oxygen atoms in total. The summed E-state index contributed by atoms with van der Waals surface area (Å²) in [5, 5.41) is 6.79. The lowest BCUT2D eigenvalue weighted by atomic mass is 10.2. The van der Waals surface area contributed by atoms with E-state index in [1.54, 1.807) is 31.2 Å². The van der Waals surface area contributed by atoms with Crippen LogP contribution in [0.15, 0.2) is 59.7 Å². The molecule has 0 saturated heterocycles. The minimum Gasteiger partial charge on any atom is -0.326 e. The van der Waals surface area contributed by atoms with Gasteiger partial charge in [-0.25, -0.2) is 5.43 Å². The number of anilines is 1. The third kappa shape index (κ3) is 5.07. The molecule has 5 heteroatoms. The van der Waals surface area contributed by atoms with E-state index in [9.17, 15) is 9.59 Å². The van der Waals surface area contributed by atoms with E-state index in [-0.39, 0.29) is 18.2 Å². The molecule has 2 N–H and O–H groups in total. The summed E-state index contributed by atoms with van der Waals surface area (Å²) in [6.07, 6.45) is 0.114. The lowest BCUT2D eigenvalue weighted by Gasteiger charge is -2.08. The highest BCUT2D eigenvalue weighted by Gasteiger charge is 2.07. The molecule has 118 valence electrons. The number of aryl methyl sites for hydroxylation is 1. The van der Waals surface area contributed by atoms with Gasteiger partial charge in [-0.2, -0.15) is 5.10 Å². The summed E-state index contributed by atoms with van der Waals surface area (Å²) in [5.41, 5.74) is 5.27. The molecule has 2 rings (SSSR count). The van der Waals surface area contributed by atoms with Gasteiger partial charge < -0.3 is 5.32 Å². The Morgan fingerprint density at radius 3 is 2.35 bits per heavy atom. The van der Waals surface area contributed by atoms with Crippen LogP contribution in [0.3, 0.4) is 0 Å². The zero-order chi connectivity index (χ0) is 16.7. The Kier molecular flexibility index (Phi) is 5.63. The van der Waals surface area contributed by atoms with Gasteiger partial charge in [0, 0.05) is 17.0 Å². The number of hydrazone groups is 1. The number of rotatable bonds is 5. The molecule has 0 aliphatic carbocycles. The maximum absolute atomic E-state index is 12.0. The molecule has 23 heavy (non-hydrogen) atoms. The van der Waals surface area contributed by atoms with Crippen LogP contribution in [0.1, 0.15) is 29.3 Å². The number of carbonyl (C=O) groups is 2. The summed E-state index contributed by atoms with van der Waals surface area (Å²) >= 11 is 0. The molecule has 0 unspecified atom stereocenters. The number of nitrogens with one attached hydrogen (secondary N) is 2. The van der Waals surface area contributed by atoms with Crippen molar-refractivity contribution in [1.82, 2.24) is 5.43 Å². The lowest BCUT2D eigenvalue weighted by molar-refractivity contribution is -0.115. The van der Waals surface area contributed by atoms with Crippen LogP contribution in [-0.4, -0.2) is 17.5 Å². The first-order chi connectivity index (χ1) is 11.1. The SMILES string of the molecule is CC(CC(=O)Nc1ccccc1C)=NNC(=O)c1ccccc1. The van der Waals surface area contributed by atoms with Crippen LogP contribution in [0.25, 0.3) is 0 Å². The van der Waals surface area contributed by atoms with E-state index in [2.05, 4.69) is 15.8 Å². The zero-order valence-electron chi connectivity index (χ0n) is 13.2. The fourth-order valence-electron chi connectivity index (χ4n) is 1.98. The molecule has 0 aliphatic rings. The quantitative estimate of drug-likeness (QED) is 0.658. The van der Waals surface area contributed by atoms with Gasteiger partial charge in [-0.15, -0.1) is 0 Å². The van der Waals surface area contributed by atoms with Crippen molar-refractivity contribution < 1.29 is 9.59 Å². The van der Waals surface area contributed by atoms with Crippen molar-refractivity contribution >= 4 is 23.2 Å². The zero-order valence-corrected chi connectivity index (χ0v) is 13.2. The smallest absolute Gasteiger partial charge is 0.271 e. The lowest BCUT2D eigenvalue weighted by Crippen LogP contribution is -2.21. The minimum atomic E-state index is -0.302. The molecule has 0 saturated carbocycles. The van der Waals surface area contributed by atoms with Crippen molar-refractivity contribution in [2.75, 3.05) is 5.32 Å². The molecular formula is C18H19N3O2. The van der Waals surface area contributed by atoms with Crippen LogP contribution >= 0.6 is 0 Å². The average Bonchev–Trinajstić information content (AvgIpc) is 2.55. The van der Waals surface area contributed by atoms with Crippen LogP contribution in [-0.2, 0) is 4.79 Å². The van der Waals surface area contributed by atoms with Crippen LogP contribution in [0.5, 0.6) is 0 Å². The number of nitrogens with zero attached hydrogens (tertiary/aromatic N) is 1. The third-order valence-electron chi connectivity index (χ3n) is 3.22. The number of amides is 2. The predicted molar refractivity (Wildman–Crippen MR) is 91.4 cm³/mol. The summed E-state index contributed by atoms with van der Waals surface area (Å²) in [5.74, 6) is -0.473. The van der Waals surface area contributed by atoms with Gasteiger partial charge in [0.1, 0.15) is 0 Å². The predicted octanol–water partition coefficient (Wildman–Crippen LogP) is 3.13. The summed E-state index contributed by atoms with van der Waals surface area (Å²) in [7, 11) is 0. The topological polar surface area (TPSA) is 70.6 Å². The van der Waals surface area contributed by atoms with Gasteiger partial charge in [0.15, 0.2) is 0 Å². The van der Waals surface area contributed by atoms with Crippen LogP contribution in [0.4, 0.5) is 5.69 Å². The van der Waals surface area contributed by atoms with Gasteiger partial charge in [0.25, 0.3) is 5.91 Å². The van der Waals surface area contributed by atoms with Gasteiger partial charge in [-0.05, 0) is 37.6 Å². The van der Waals surface area contributed by atoms with Crippen molar-refractivity contribution in [2.45, 2.75) is 20.3 Å². The Balaban J connectivity index is 1.88. The molecular weight excluding hydrogens is 290 g/mol. The van der Waals surface area contributed by atoms with Crippen molar-refractivity contribution in [3.8, 4) is 0 Å². The molecule has 0 spiro atoms. The number of hydrogen-bond donors (Lipinski definition) is 2. The highest BCUT2D eigenvalue weighted by Crippen LogP contribution is 2.13. The first kappa shape index (κ1) is 16.4. The Labute approximate surface area is 135 Å². The highest BCUT2D eigenvalue weighted by atomic mass is 16.2. The molecule has 2 amide bonds. The Bertz CT molecular complexity index is 724. The minimum absolute atomic E-state index is 0.114. The first-order valence-corrected chi connectivity index (χ1v) is 7.30. The fraction of sp³-hybridized carbons (Fsp3) is 0.167. The van der Waals surface area contributed by atoms with Crippen molar-refractivity contribution in [1.29, 1.82) is 0 Å². The van der Waals surface area contributed by atoms with E-state index in [1.165, 1.54) is 0 Å². The van der Waals surface area contributed by atoms with Gasteiger partial charge in [-0.3, -0.25) is 9.59 Å². The Hall–Kier alpha value is -2.95. The monoisotopic (exact) mass is 309 g/mol. The molecule has 0 atom stereocenters. The number of para-hydroxylation sites is 1. The Morgan fingerprint density at radius 1 is 1.00 bits per heavy atom. The summed E-state index contributed by atoms with van der Waals surface area (Å²) in [4.78, 5) is 23.8. The van der Waals surface area contributed by atoms with E-state index in [0.29, 0.717) is 11.3 Å². The van der Waals surface area contributed by atoms with Crippen molar-refractivity contribution in [2.24, 2.45) is 5.10 Å². The number of carbonyl (C=O) groups excluding carboxylic acids is 2. The molecule has 0 bridgehead atoms. The van der Waals surface area contributed by atoms with E-state index in [4.69, 9.17) is 0 Å². The Morgan fingerprint density at radius 2 is 1.65 bits per heavy atom. The summed E-state index contributed by atoms with van der Waals surface area (Å²) in [6.45, 7) is 3.62. The van der Waals surface area contributed by atoms with Crippen LogP contribution in [0.2, 0.25) is 0 Å². The largest absolute Gasteiger partial charge is 0.326 e. The van der Waals surface area contributed by atoms with Gasteiger partial charge in [-0.1, -0.05) is 36.4 Å². The summed E-state index contributed by atoms with van der Waals surface area (Å²) < 4.78 is 0. The highest BCUT2D eigenvalue weighted by molar-refractivity contribution is 6.06. The molecule has 0 aliphatic heterocycles. The molecule has 2 aromatic rings. The maximum Gasteiger partial charge on any atom is 0.271 e. The maximum atomic E-state index is 12.0. The number of benzene rings is 2. The third-order valence-corrected chi connectivity index (χ3v) is 3.22. The standard InChI is InChI=1S/C18H19N3O2/c1-13-8-6-7-11-16(13)19-17(22)12-14(2)20-21-18(23)15-9-4-3-5-10-15/h3-11H,12H2,1-2H3,(H,19,22)(H,21,23). The molecule has 0 fully saturated rings. The van der Waals surface area contributed by atoms with E-state index < -0.39 is 0 Å². The normalized spacial score (nSPS) is 11.0. The summed E-state index contributed by atoms with van der Waals surface area (Å²) in [6, 6.07) is 16.3. The molecule has 0 aromatic heterocycles. The second-order valence-electron chi connectivity index (χ2n) is 5.19. The van der Waals surface area contributed by atoms with E-state index >= 15 is 0 Å². The number of hydrogen-bond acceptors (Lipinski definition) is 3. The second-order valence-corrected chi connectivity index (χ2v) is 5.19. The van der Waals surface area contributed by atoms with E-state index in [1.807, 2.05) is 37.3 Å². The molecule has 0 radical (unpaired) electrons. The first-order valence-electron chi connectivity index (χ1n) is 7.30. The van der Waals surface area contributed by atoms with Crippen LogP contribution < -0.4 is 10.7 Å². The van der Waals surface area contributed by atoms with Crippen molar-refractivity contribution in [3.63, 3.8) is 0 Å². The van der Waals surface area contributed by atoms with Gasteiger partial charge >= 0.3 is 0 Å². The van der Waals surface area contributed by atoms with E-state index in [0.717, 1.165) is 11.3 Å².